The Labute approximate surface area is 185 Å². The first kappa shape index (κ1) is 22.7. The van der Waals surface area contributed by atoms with Crippen LogP contribution in [0.25, 0.3) is 5.69 Å². The molecular formula is C21H32IN5O. The van der Waals surface area contributed by atoms with E-state index in [0.717, 1.165) is 48.7 Å². The van der Waals surface area contributed by atoms with Crippen LogP contribution in [0.2, 0.25) is 0 Å². The molecule has 6 nitrogen and oxygen atoms in total. The molecule has 1 aromatic carbocycles. The van der Waals surface area contributed by atoms with Crippen molar-refractivity contribution in [2.75, 3.05) is 33.9 Å². The summed E-state index contributed by atoms with van der Waals surface area (Å²) in [6.07, 6.45) is 2.65. The van der Waals surface area contributed by atoms with Crippen LogP contribution < -0.4 is 5.32 Å². The first-order valence-corrected chi connectivity index (χ1v) is 9.69. The summed E-state index contributed by atoms with van der Waals surface area (Å²) in [5.74, 6) is 1.67. The summed E-state index contributed by atoms with van der Waals surface area (Å²) in [6.45, 7) is 7.25. The Bertz CT molecular complexity index is 785. The number of ether oxygens (including phenoxy) is 1. The molecule has 1 aromatic heterocycles. The van der Waals surface area contributed by atoms with Gasteiger partial charge in [0.25, 0.3) is 0 Å². The maximum atomic E-state index is 5.74. The minimum atomic E-state index is 0. The molecule has 1 heterocycles. The topological polar surface area (TPSA) is 54.7 Å². The molecule has 1 N–H and O–H groups in total. The third kappa shape index (κ3) is 6.20. The molecule has 7 heteroatoms. The second-order valence-electron chi connectivity index (χ2n) is 7.31. The van der Waals surface area contributed by atoms with Crippen molar-refractivity contribution in [2.24, 2.45) is 10.9 Å². The van der Waals surface area contributed by atoms with Crippen LogP contribution in [-0.4, -0.2) is 54.5 Å². The number of aryl methyl sites for hydroxylation is 2. The molecule has 0 aliphatic heterocycles. The Balaban J connectivity index is 0.00000280. The maximum Gasteiger partial charge on any atom is 0.193 e. The molecule has 1 aliphatic carbocycles. The summed E-state index contributed by atoms with van der Waals surface area (Å²) >= 11 is 0. The van der Waals surface area contributed by atoms with Crippen LogP contribution in [0.15, 0.2) is 35.3 Å². The third-order valence-corrected chi connectivity index (χ3v) is 4.86. The standard InChI is InChI=1S/C21H31N5O.HI/c1-16-13-17(2)26(24-16)20-8-6-5-7-19(20)14-23-21(22-3)25(4)11-12-27-15-18-9-10-18;/h5-8,13,18H,9-12,14-15H2,1-4H3,(H,22,23);1H. The molecule has 0 spiro atoms. The van der Waals surface area contributed by atoms with Crippen molar-refractivity contribution in [2.45, 2.75) is 33.2 Å². The van der Waals surface area contributed by atoms with Gasteiger partial charge in [-0.1, -0.05) is 18.2 Å². The Hall–Kier alpha value is -1.61. The highest BCUT2D eigenvalue weighted by Gasteiger charge is 2.21. The molecule has 28 heavy (non-hydrogen) atoms. The van der Waals surface area contributed by atoms with Gasteiger partial charge in [-0.3, -0.25) is 4.99 Å². The van der Waals surface area contributed by atoms with Crippen molar-refractivity contribution in [3.05, 3.63) is 47.3 Å². The van der Waals surface area contributed by atoms with Gasteiger partial charge in [0.1, 0.15) is 0 Å². The second-order valence-corrected chi connectivity index (χ2v) is 7.31. The molecule has 0 unspecified atom stereocenters. The van der Waals surface area contributed by atoms with Crippen LogP contribution in [0.5, 0.6) is 0 Å². The minimum absolute atomic E-state index is 0. The number of para-hydroxylation sites is 1. The van der Waals surface area contributed by atoms with E-state index >= 15 is 0 Å². The fraction of sp³-hybridized carbons (Fsp3) is 0.524. The molecule has 2 aromatic rings. The fourth-order valence-corrected chi connectivity index (χ4v) is 3.14. The highest BCUT2D eigenvalue weighted by Crippen LogP contribution is 2.28. The van der Waals surface area contributed by atoms with E-state index in [1.807, 2.05) is 31.8 Å². The summed E-state index contributed by atoms with van der Waals surface area (Å²) in [4.78, 5) is 6.52. The zero-order chi connectivity index (χ0) is 19.2. The molecule has 1 saturated carbocycles. The molecular weight excluding hydrogens is 465 g/mol. The fourth-order valence-electron chi connectivity index (χ4n) is 3.14. The Morgan fingerprint density at radius 3 is 2.71 bits per heavy atom. The molecule has 0 atom stereocenters. The SMILES string of the molecule is CN=C(NCc1ccccc1-n1nc(C)cc1C)N(C)CCOCC1CC1.I. The number of nitrogens with zero attached hydrogens (tertiary/aromatic N) is 4. The van der Waals surface area contributed by atoms with E-state index in [1.54, 1.807) is 0 Å². The van der Waals surface area contributed by atoms with E-state index < -0.39 is 0 Å². The van der Waals surface area contributed by atoms with Crippen molar-refractivity contribution in [1.29, 1.82) is 0 Å². The van der Waals surface area contributed by atoms with Crippen molar-refractivity contribution in [1.82, 2.24) is 20.0 Å². The van der Waals surface area contributed by atoms with Crippen LogP contribution >= 0.6 is 24.0 Å². The van der Waals surface area contributed by atoms with E-state index in [0.29, 0.717) is 6.54 Å². The van der Waals surface area contributed by atoms with Crippen LogP contribution in [0.3, 0.4) is 0 Å². The highest BCUT2D eigenvalue weighted by atomic mass is 127. The summed E-state index contributed by atoms with van der Waals surface area (Å²) in [6, 6.07) is 10.4. The van der Waals surface area contributed by atoms with Gasteiger partial charge in [0.05, 0.1) is 18.0 Å². The Morgan fingerprint density at radius 2 is 2.07 bits per heavy atom. The largest absolute Gasteiger partial charge is 0.379 e. The van der Waals surface area contributed by atoms with Crippen LogP contribution in [-0.2, 0) is 11.3 Å². The van der Waals surface area contributed by atoms with Gasteiger partial charge in [-0.2, -0.15) is 5.10 Å². The smallest absolute Gasteiger partial charge is 0.193 e. The van der Waals surface area contributed by atoms with Crippen LogP contribution in [0, 0.1) is 19.8 Å². The summed E-state index contributed by atoms with van der Waals surface area (Å²) < 4.78 is 7.75. The molecule has 1 aliphatic rings. The number of hydrogen-bond donors (Lipinski definition) is 1. The summed E-state index contributed by atoms with van der Waals surface area (Å²) in [7, 11) is 3.86. The zero-order valence-electron chi connectivity index (χ0n) is 17.3. The normalized spacial score (nSPS) is 13.9. The molecule has 3 rings (SSSR count). The van der Waals surface area contributed by atoms with Crippen LogP contribution in [0.4, 0.5) is 0 Å². The number of likely N-dealkylation sites (N-methyl/N-ethyl adjacent to an activating group) is 1. The third-order valence-electron chi connectivity index (χ3n) is 4.86. The predicted molar refractivity (Wildman–Crippen MR) is 125 cm³/mol. The van der Waals surface area contributed by atoms with Crippen LogP contribution in [0.1, 0.15) is 29.8 Å². The molecule has 154 valence electrons. The zero-order valence-corrected chi connectivity index (χ0v) is 19.6. The van der Waals surface area contributed by atoms with Gasteiger partial charge in [0.2, 0.25) is 0 Å². The average Bonchev–Trinajstić information content (AvgIpc) is 3.42. The van der Waals surface area contributed by atoms with Crippen molar-refractivity contribution in [3.8, 4) is 5.69 Å². The lowest BCUT2D eigenvalue weighted by atomic mass is 10.1. The number of hydrogen-bond acceptors (Lipinski definition) is 3. The molecule has 1 fully saturated rings. The van der Waals surface area contributed by atoms with Gasteiger partial charge in [-0.05, 0) is 50.3 Å². The van der Waals surface area contributed by atoms with Gasteiger partial charge in [0, 0.05) is 39.5 Å². The van der Waals surface area contributed by atoms with Gasteiger partial charge >= 0.3 is 0 Å². The number of guanidine groups is 1. The molecule has 0 amide bonds. The number of aliphatic imine (C=N–C) groups is 1. The van der Waals surface area contributed by atoms with Gasteiger partial charge < -0.3 is 15.0 Å². The van der Waals surface area contributed by atoms with Crippen molar-refractivity contribution < 1.29 is 4.74 Å². The number of rotatable bonds is 8. The quantitative estimate of drug-likeness (QED) is 0.263. The first-order valence-electron chi connectivity index (χ1n) is 9.69. The van der Waals surface area contributed by atoms with Gasteiger partial charge in [-0.25, -0.2) is 4.68 Å². The first-order chi connectivity index (χ1) is 13.1. The number of benzene rings is 1. The minimum Gasteiger partial charge on any atom is -0.379 e. The average molecular weight is 497 g/mol. The van der Waals surface area contributed by atoms with E-state index in [1.165, 1.54) is 18.4 Å². The lowest BCUT2D eigenvalue weighted by Crippen LogP contribution is -2.40. The highest BCUT2D eigenvalue weighted by molar-refractivity contribution is 14.0. The maximum absolute atomic E-state index is 5.74. The molecule has 0 saturated heterocycles. The van der Waals surface area contributed by atoms with E-state index in [4.69, 9.17) is 4.74 Å². The van der Waals surface area contributed by atoms with E-state index in [9.17, 15) is 0 Å². The number of nitrogens with one attached hydrogen (secondary N) is 1. The lowest BCUT2D eigenvalue weighted by molar-refractivity contribution is 0.115. The predicted octanol–water partition coefficient (Wildman–Crippen LogP) is 3.54. The van der Waals surface area contributed by atoms with Gasteiger partial charge in [-0.15, -0.1) is 24.0 Å². The Morgan fingerprint density at radius 1 is 1.32 bits per heavy atom. The summed E-state index contributed by atoms with van der Waals surface area (Å²) in [5.41, 5.74) is 4.44. The Kier molecular flexibility index (Phi) is 8.75. The van der Waals surface area contributed by atoms with Gasteiger partial charge in [0.15, 0.2) is 5.96 Å². The van der Waals surface area contributed by atoms with Crippen molar-refractivity contribution in [3.63, 3.8) is 0 Å². The number of aromatic nitrogens is 2. The summed E-state index contributed by atoms with van der Waals surface area (Å²) in [5, 5.41) is 8.09. The molecule has 0 bridgehead atoms. The molecule has 0 radical (unpaired) electrons. The lowest BCUT2D eigenvalue weighted by Gasteiger charge is -2.22. The van der Waals surface area contributed by atoms with E-state index in [2.05, 4.69) is 51.5 Å². The number of halogens is 1. The van der Waals surface area contributed by atoms with Crippen molar-refractivity contribution >= 4 is 29.9 Å². The monoisotopic (exact) mass is 497 g/mol. The van der Waals surface area contributed by atoms with E-state index in [-0.39, 0.29) is 24.0 Å². The second kappa shape index (κ2) is 10.8.